The number of rotatable bonds is 2. The van der Waals surface area contributed by atoms with Gasteiger partial charge in [-0.15, -0.1) is 0 Å². The molecule has 0 unspecified atom stereocenters. The summed E-state index contributed by atoms with van der Waals surface area (Å²) in [5, 5.41) is 4.85. The van der Waals surface area contributed by atoms with Crippen molar-refractivity contribution in [3.8, 4) is 22.3 Å². The molecule has 0 radical (unpaired) electrons. The molecule has 1 aromatic heterocycles. The molecule has 0 amide bonds. The molecule has 0 fully saturated rings. The Labute approximate surface area is 175 Å². The Balaban J connectivity index is 1.71. The zero-order chi connectivity index (χ0) is 20.1. The van der Waals surface area contributed by atoms with Gasteiger partial charge in [0, 0.05) is 16.3 Å². The smallest absolute Gasteiger partial charge is 0.143 e. The quantitative estimate of drug-likeness (QED) is 0.292. The Morgan fingerprint density at radius 3 is 2.13 bits per heavy atom. The van der Waals surface area contributed by atoms with Crippen molar-refractivity contribution in [3.05, 3.63) is 109 Å². The minimum Gasteiger partial charge on any atom is -0.455 e. The van der Waals surface area contributed by atoms with Crippen molar-refractivity contribution >= 4 is 32.7 Å². The van der Waals surface area contributed by atoms with Gasteiger partial charge < -0.3 is 4.42 Å². The summed E-state index contributed by atoms with van der Waals surface area (Å²) in [6.07, 6.45) is 0. The molecule has 0 N–H and O–H groups in total. The second-order valence-corrected chi connectivity index (χ2v) is 7.85. The van der Waals surface area contributed by atoms with Gasteiger partial charge in [0.15, 0.2) is 0 Å². The second kappa shape index (κ2) is 6.60. The van der Waals surface area contributed by atoms with Gasteiger partial charge in [0.1, 0.15) is 11.2 Å². The van der Waals surface area contributed by atoms with Crippen LogP contribution in [-0.2, 0) is 0 Å². The molecule has 0 spiro atoms. The van der Waals surface area contributed by atoms with E-state index in [0.29, 0.717) is 0 Å². The molecule has 0 atom stereocenters. The van der Waals surface area contributed by atoms with Crippen LogP contribution in [0.4, 0.5) is 0 Å². The first-order valence-electron chi connectivity index (χ1n) is 10.3. The van der Waals surface area contributed by atoms with E-state index in [1.807, 2.05) is 0 Å². The lowest BCUT2D eigenvalue weighted by Crippen LogP contribution is -1.84. The van der Waals surface area contributed by atoms with Crippen LogP contribution in [0.15, 0.2) is 108 Å². The summed E-state index contributed by atoms with van der Waals surface area (Å²) < 4.78 is 6.52. The Bertz CT molecular complexity index is 1540. The van der Waals surface area contributed by atoms with E-state index in [1.54, 1.807) is 0 Å². The van der Waals surface area contributed by atoms with Gasteiger partial charge in [0.25, 0.3) is 0 Å². The molecule has 6 rings (SSSR count). The highest BCUT2D eigenvalue weighted by atomic mass is 16.3. The minimum absolute atomic E-state index is 0.961. The monoisotopic (exact) mass is 384 g/mol. The summed E-state index contributed by atoms with van der Waals surface area (Å²) in [5.74, 6) is 0. The average Bonchev–Trinajstić information content (AvgIpc) is 3.21. The van der Waals surface area contributed by atoms with Gasteiger partial charge in [-0.05, 0) is 52.1 Å². The van der Waals surface area contributed by atoms with Gasteiger partial charge in [-0.2, -0.15) is 0 Å². The summed E-state index contributed by atoms with van der Waals surface area (Å²) >= 11 is 0. The van der Waals surface area contributed by atoms with Crippen LogP contribution in [0.25, 0.3) is 55.0 Å². The third-order valence-corrected chi connectivity index (χ3v) is 5.97. The third kappa shape index (κ3) is 2.56. The van der Waals surface area contributed by atoms with E-state index in [1.165, 1.54) is 38.2 Å². The first kappa shape index (κ1) is 17.1. The Hall–Kier alpha value is -3.84. The van der Waals surface area contributed by atoms with Gasteiger partial charge in [0.05, 0.1) is 0 Å². The number of aryl methyl sites for hydroxylation is 1. The Morgan fingerprint density at radius 2 is 1.23 bits per heavy atom. The van der Waals surface area contributed by atoms with Crippen LogP contribution in [0.5, 0.6) is 0 Å². The van der Waals surface area contributed by atoms with Crippen LogP contribution in [-0.4, -0.2) is 0 Å². The summed E-state index contributed by atoms with van der Waals surface area (Å²) in [4.78, 5) is 0. The topological polar surface area (TPSA) is 13.1 Å². The van der Waals surface area contributed by atoms with Crippen molar-refractivity contribution < 1.29 is 4.42 Å². The zero-order valence-corrected chi connectivity index (χ0v) is 16.7. The molecule has 1 nitrogen and oxygen atoms in total. The first-order valence-corrected chi connectivity index (χ1v) is 10.3. The van der Waals surface area contributed by atoms with Crippen molar-refractivity contribution in [2.24, 2.45) is 0 Å². The predicted molar refractivity (Wildman–Crippen MR) is 127 cm³/mol. The number of furan rings is 1. The maximum Gasteiger partial charge on any atom is 0.143 e. The van der Waals surface area contributed by atoms with Crippen molar-refractivity contribution in [2.45, 2.75) is 6.92 Å². The van der Waals surface area contributed by atoms with Crippen LogP contribution in [0.2, 0.25) is 0 Å². The standard InChI is InChI=1S/C29H20O/c1-19-9-7-16-25-27-24-15-6-5-12-23(24)18-26(29(27)30-28(19)25)22-14-8-13-21(17-22)20-10-3-2-4-11-20/h2-18H,1H3. The van der Waals surface area contributed by atoms with Crippen LogP contribution in [0.1, 0.15) is 5.56 Å². The van der Waals surface area contributed by atoms with E-state index in [4.69, 9.17) is 4.42 Å². The van der Waals surface area contributed by atoms with E-state index in [-0.39, 0.29) is 0 Å². The molecular formula is C29H20O. The molecule has 0 bridgehead atoms. The van der Waals surface area contributed by atoms with E-state index in [9.17, 15) is 0 Å². The molecule has 1 heteroatoms. The highest BCUT2D eigenvalue weighted by Crippen LogP contribution is 2.42. The molecule has 0 aliphatic heterocycles. The van der Waals surface area contributed by atoms with E-state index >= 15 is 0 Å². The molecule has 6 aromatic rings. The van der Waals surface area contributed by atoms with Crippen molar-refractivity contribution in [1.29, 1.82) is 0 Å². The zero-order valence-electron chi connectivity index (χ0n) is 16.7. The lowest BCUT2D eigenvalue weighted by molar-refractivity contribution is 0.667. The fourth-order valence-corrected chi connectivity index (χ4v) is 4.50. The fraction of sp³-hybridized carbons (Fsp3) is 0.0345. The molecular weight excluding hydrogens is 364 g/mol. The number of hydrogen-bond acceptors (Lipinski definition) is 1. The van der Waals surface area contributed by atoms with E-state index in [0.717, 1.165) is 22.3 Å². The predicted octanol–water partition coefficient (Wildman–Crippen LogP) is 8.38. The molecule has 0 aliphatic carbocycles. The van der Waals surface area contributed by atoms with Crippen LogP contribution >= 0.6 is 0 Å². The van der Waals surface area contributed by atoms with Crippen molar-refractivity contribution in [1.82, 2.24) is 0 Å². The number of hydrogen-bond donors (Lipinski definition) is 0. The average molecular weight is 384 g/mol. The summed E-state index contributed by atoms with van der Waals surface area (Å²) in [6, 6.07) is 36.5. The number of benzene rings is 5. The Morgan fingerprint density at radius 1 is 0.533 bits per heavy atom. The van der Waals surface area contributed by atoms with Gasteiger partial charge in [0.2, 0.25) is 0 Å². The first-order chi connectivity index (χ1) is 14.8. The fourth-order valence-electron chi connectivity index (χ4n) is 4.50. The SMILES string of the molecule is Cc1cccc2c1oc1c(-c3cccc(-c4ccccc4)c3)cc3ccccc3c12. The lowest BCUT2D eigenvalue weighted by atomic mass is 9.94. The number of fused-ring (bicyclic) bond motifs is 5. The lowest BCUT2D eigenvalue weighted by Gasteiger charge is -2.09. The summed E-state index contributed by atoms with van der Waals surface area (Å²) in [7, 11) is 0. The minimum atomic E-state index is 0.961. The van der Waals surface area contributed by atoms with E-state index < -0.39 is 0 Å². The van der Waals surface area contributed by atoms with Gasteiger partial charge in [-0.1, -0.05) is 91.0 Å². The molecule has 0 saturated carbocycles. The second-order valence-electron chi connectivity index (χ2n) is 7.85. The van der Waals surface area contributed by atoms with Crippen molar-refractivity contribution in [2.75, 3.05) is 0 Å². The van der Waals surface area contributed by atoms with Gasteiger partial charge in [-0.25, -0.2) is 0 Å². The summed E-state index contributed by atoms with van der Waals surface area (Å²) in [5.41, 5.74) is 7.84. The highest BCUT2D eigenvalue weighted by Gasteiger charge is 2.17. The normalized spacial score (nSPS) is 11.5. The molecule has 5 aromatic carbocycles. The summed E-state index contributed by atoms with van der Waals surface area (Å²) in [6.45, 7) is 2.11. The van der Waals surface area contributed by atoms with Crippen LogP contribution in [0, 0.1) is 6.92 Å². The maximum atomic E-state index is 6.52. The van der Waals surface area contributed by atoms with Crippen LogP contribution in [0.3, 0.4) is 0 Å². The molecule has 30 heavy (non-hydrogen) atoms. The molecule has 1 heterocycles. The molecule has 0 saturated heterocycles. The largest absolute Gasteiger partial charge is 0.455 e. The molecule has 0 aliphatic rings. The number of para-hydroxylation sites is 1. The highest BCUT2D eigenvalue weighted by molar-refractivity contribution is 6.22. The molecule has 142 valence electrons. The Kier molecular flexibility index (Phi) is 3.75. The third-order valence-electron chi connectivity index (χ3n) is 5.97. The maximum absolute atomic E-state index is 6.52. The van der Waals surface area contributed by atoms with Crippen LogP contribution < -0.4 is 0 Å². The van der Waals surface area contributed by atoms with Gasteiger partial charge >= 0.3 is 0 Å². The van der Waals surface area contributed by atoms with Gasteiger partial charge in [-0.3, -0.25) is 0 Å². The van der Waals surface area contributed by atoms with Crippen molar-refractivity contribution in [3.63, 3.8) is 0 Å². The van der Waals surface area contributed by atoms with E-state index in [2.05, 4.69) is 110 Å².